The first-order valence-electron chi connectivity index (χ1n) is 13.9. The third-order valence-corrected chi connectivity index (χ3v) is 9.27. The molecule has 2 bridgehead atoms. The molecule has 8 nitrogen and oxygen atoms in total. The molecular weight excluding hydrogens is 542 g/mol. The second-order valence-electron chi connectivity index (χ2n) is 11.2. The number of carbonyl (C=O) groups is 3. The van der Waals surface area contributed by atoms with E-state index in [1.807, 2.05) is 44.2 Å². The zero-order chi connectivity index (χ0) is 29.5. The number of halogens is 1. The molecule has 0 aromatic heterocycles. The van der Waals surface area contributed by atoms with Crippen LogP contribution in [0.5, 0.6) is 0 Å². The molecule has 1 N–H and O–H groups in total. The molecule has 1 spiro atoms. The molecule has 2 aromatic rings. The normalized spacial score (nSPS) is 29.8. The van der Waals surface area contributed by atoms with Gasteiger partial charge in [-0.15, -0.1) is 13.2 Å². The largest absolute Gasteiger partial charge is 0.395 e. The molecular formula is C32H36ClN3O5. The quantitative estimate of drug-likeness (QED) is 0.430. The number of likely N-dealkylation sites (tertiary alicyclic amines) is 1. The Kier molecular flexibility index (Phi) is 7.85. The van der Waals surface area contributed by atoms with E-state index in [0.717, 1.165) is 0 Å². The molecule has 5 rings (SSSR count). The van der Waals surface area contributed by atoms with Gasteiger partial charge in [-0.2, -0.15) is 0 Å². The number of anilines is 2. The van der Waals surface area contributed by atoms with Gasteiger partial charge in [0.15, 0.2) is 0 Å². The maximum atomic E-state index is 14.5. The molecule has 0 radical (unpaired) electrons. The maximum Gasteiger partial charge on any atom is 0.253 e. The maximum absolute atomic E-state index is 14.5. The van der Waals surface area contributed by atoms with Crippen molar-refractivity contribution in [3.63, 3.8) is 0 Å². The van der Waals surface area contributed by atoms with Gasteiger partial charge in [0.2, 0.25) is 11.8 Å². The summed E-state index contributed by atoms with van der Waals surface area (Å²) in [5.41, 5.74) is -0.925. The van der Waals surface area contributed by atoms with Gasteiger partial charge < -0.3 is 24.5 Å². The number of nitrogens with zero attached hydrogens (tertiary/aromatic N) is 3. The van der Waals surface area contributed by atoms with Gasteiger partial charge >= 0.3 is 0 Å². The number of carbonyl (C=O) groups excluding carboxylic acids is 3. The lowest BCUT2D eigenvalue weighted by atomic mass is 9.62. The number of aliphatic hydroxyl groups is 1. The van der Waals surface area contributed by atoms with E-state index in [4.69, 9.17) is 16.3 Å². The second-order valence-corrected chi connectivity index (χ2v) is 11.7. The highest BCUT2D eigenvalue weighted by Crippen LogP contribution is 2.65. The van der Waals surface area contributed by atoms with E-state index in [2.05, 4.69) is 13.2 Å². The summed E-state index contributed by atoms with van der Waals surface area (Å²) in [6.45, 7) is 11.6. The Hall–Kier alpha value is -3.46. The monoisotopic (exact) mass is 577 g/mol. The summed E-state index contributed by atoms with van der Waals surface area (Å²) in [6.07, 6.45) is 3.70. The predicted molar refractivity (Wildman–Crippen MR) is 159 cm³/mol. The molecule has 3 aliphatic heterocycles. The number of fused-ring (bicyclic) bond motifs is 1. The molecule has 9 heteroatoms. The first-order valence-corrected chi connectivity index (χ1v) is 14.3. The predicted octanol–water partition coefficient (Wildman–Crippen LogP) is 4.08. The van der Waals surface area contributed by atoms with E-state index in [9.17, 15) is 19.5 Å². The molecule has 3 heterocycles. The van der Waals surface area contributed by atoms with Crippen LogP contribution in [-0.2, 0) is 19.1 Å². The molecule has 216 valence electrons. The van der Waals surface area contributed by atoms with Gasteiger partial charge in [-0.3, -0.25) is 14.4 Å². The van der Waals surface area contributed by atoms with Gasteiger partial charge in [0.05, 0.1) is 24.0 Å². The van der Waals surface area contributed by atoms with Crippen molar-refractivity contribution in [2.45, 2.75) is 37.5 Å². The summed E-state index contributed by atoms with van der Waals surface area (Å²) in [7, 11) is 0. The van der Waals surface area contributed by atoms with Gasteiger partial charge in [-0.25, -0.2) is 0 Å². The second kappa shape index (κ2) is 11.1. The SMILES string of the molecule is C=CCN(C(=O)C1N(CCO)C(=O)[C@@H]2[C@@H](C(=O)N(CC=C)c3ccccc3)[C@]3(C)OC12CC3C)c1ccc(Cl)cc1. The number of hydrogen-bond acceptors (Lipinski definition) is 5. The molecule has 3 fully saturated rings. The highest BCUT2D eigenvalue weighted by molar-refractivity contribution is 6.30. The van der Waals surface area contributed by atoms with Crippen molar-refractivity contribution >= 4 is 40.7 Å². The molecule has 3 amide bonds. The van der Waals surface area contributed by atoms with E-state index >= 15 is 0 Å². The Bertz CT molecular complexity index is 1350. The van der Waals surface area contributed by atoms with Crippen LogP contribution < -0.4 is 9.80 Å². The van der Waals surface area contributed by atoms with Crippen molar-refractivity contribution in [2.75, 3.05) is 36.0 Å². The standard InChI is InChI=1S/C32H36ClN3O5/c1-5-16-34(23-10-8-7-9-11-23)28(38)25-26-29(39)36(18-19-37)27(32(26)20-21(3)31(25,4)41-32)30(40)35(17-6-2)24-14-12-22(33)13-15-24/h5-15,21,25-27,37H,1-2,16-20H2,3-4H3/t21?,25-,26-,27?,31+,32?/m0/s1. The fourth-order valence-corrected chi connectivity index (χ4v) is 7.32. The van der Waals surface area contributed by atoms with Crippen molar-refractivity contribution in [3.05, 3.63) is 84.9 Å². The molecule has 0 saturated carbocycles. The van der Waals surface area contributed by atoms with Crippen LogP contribution >= 0.6 is 11.6 Å². The Labute approximate surface area is 245 Å². The Morgan fingerprint density at radius 2 is 1.63 bits per heavy atom. The van der Waals surface area contributed by atoms with Crippen LogP contribution in [0.1, 0.15) is 20.3 Å². The van der Waals surface area contributed by atoms with E-state index < -0.39 is 29.1 Å². The minimum absolute atomic E-state index is 0.0551. The zero-order valence-electron chi connectivity index (χ0n) is 23.4. The number of aliphatic hydroxyl groups excluding tert-OH is 1. The van der Waals surface area contributed by atoms with Crippen molar-refractivity contribution < 1.29 is 24.2 Å². The number of benzene rings is 2. The van der Waals surface area contributed by atoms with E-state index in [0.29, 0.717) is 22.8 Å². The van der Waals surface area contributed by atoms with Crippen LogP contribution in [0.25, 0.3) is 0 Å². The highest BCUT2D eigenvalue weighted by Gasteiger charge is 2.80. The lowest BCUT2D eigenvalue weighted by Gasteiger charge is -2.39. The summed E-state index contributed by atoms with van der Waals surface area (Å²) < 4.78 is 6.83. The van der Waals surface area contributed by atoms with Crippen LogP contribution in [0.15, 0.2) is 79.9 Å². The number of amides is 3. The summed E-state index contributed by atoms with van der Waals surface area (Å²) in [5.74, 6) is -2.79. The average molecular weight is 578 g/mol. The zero-order valence-corrected chi connectivity index (χ0v) is 24.2. The minimum atomic E-state index is -1.24. The summed E-state index contributed by atoms with van der Waals surface area (Å²) in [4.78, 5) is 47.8. The molecule has 3 saturated heterocycles. The number of ether oxygens (including phenoxy) is 1. The van der Waals surface area contributed by atoms with Crippen LogP contribution in [0, 0.1) is 17.8 Å². The van der Waals surface area contributed by atoms with Gasteiger partial charge in [-0.1, -0.05) is 48.9 Å². The molecule has 3 aliphatic rings. The van der Waals surface area contributed by atoms with Gasteiger partial charge in [0, 0.05) is 36.0 Å². The van der Waals surface area contributed by atoms with Gasteiger partial charge in [-0.05, 0) is 55.7 Å². The van der Waals surface area contributed by atoms with Crippen LogP contribution in [0.4, 0.5) is 11.4 Å². The highest BCUT2D eigenvalue weighted by atomic mass is 35.5. The van der Waals surface area contributed by atoms with Crippen molar-refractivity contribution in [2.24, 2.45) is 17.8 Å². The lowest BCUT2D eigenvalue weighted by Crippen LogP contribution is -2.57. The fourth-order valence-electron chi connectivity index (χ4n) is 7.19. The molecule has 2 aromatic carbocycles. The van der Waals surface area contributed by atoms with E-state index in [1.165, 1.54) is 4.90 Å². The third kappa shape index (κ3) is 4.49. The summed E-state index contributed by atoms with van der Waals surface area (Å²) in [5, 5.41) is 10.5. The first-order chi connectivity index (χ1) is 19.6. The summed E-state index contributed by atoms with van der Waals surface area (Å²) in [6, 6.07) is 15.1. The Balaban J connectivity index is 1.61. The van der Waals surface area contributed by atoms with Crippen molar-refractivity contribution in [1.29, 1.82) is 0 Å². The number of β-amino-alcohol motifs (C(OH)–C–C–N with tert-alkyl or cyclic N) is 1. The molecule has 3 unspecified atom stereocenters. The van der Waals surface area contributed by atoms with Gasteiger partial charge in [0.1, 0.15) is 11.6 Å². The third-order valence-electron chi connectivity index (χ3n) is 9.02. The van der Waals surface area contributed by atoms with E-state index in [-0.39, 0.29) is 49.9 Å². The van der Waals surface area contributed by atoms with E-state index in [1.54, 1.807) is 46.2 Å². The molecule has 6 atom stereocenters. The van der Waals surface area contributed by atoms with Crippen molar-refractivity contribution in [1.82, 2.24) is 4.90 Å². The molecule has 41 heavy (non-hydrogen) atoms. The average Bonchev–Trinajstić information content (AvgIpc) is 3.47. The Morgan fingerprint density at radius 1 is 1.05 bits per heavy atom. The van der Waals surface area contributed by atoms with Crippen LogP contribution in [0.3, 0.4) is 0 Å². The summed E-state index contributed by atoms with van der Waals surface area (Å²) >= 11 is 6.11. The topological polar surface area (TPSA) is 90.4 Å². The number of rotatable bonds is 10. The first kappa shape index (κ1) is 29.0. The van der Waals surface area contributed by atoms with Crippen LogP contribution in [-0.4, -0.2) is 71.2 Å². The number of hydrogen-bond donors (Lipinski definition) is 1. The van der Waals surface area contributed by atoms with Crippen LogP contribution in [0.2, 0.25) is 5.02 Å². The lowest BCUT2D eigenvalue weighted by molar-refractivity contribution is -0.146. The molecule has 0 aliphatic carbocycles. The fraction of sp³-hybridized carbons (Fsp3) is 0.406. The van der Waals surface area contributed by atoms with Crippen molar-refractivity contribution in [3.8, 4) is 0 Å². The number of para-hydroxylation sites is 1. The smallest absolute Gasteiger partial charge is 0.253 e. The minimum Gasteiger partial charge on any atom is -0.395 e. The van der Waals surface area contributed by atoms with Gasteiger partial charge in [0.25, 0.3) is 5.91 Å². The Morgan fingerprint density at radius 3 is 2.22 bits per heavy atom.